The number of carbonyl (C=O) groups excluding carboxylic acids is 2. The maximum Gasteiger partial charge on any atom is 0.301 e. The van der Waals surface area contributed by atoms with Crippen LogP contribution in [0.1, 0.15) is 28.3 Å². The lowest BCUT2D eigenvalue weighted by molar-refractivity contribution is -0.132. The van der Waals surface area contributed by atoms with Crippen molar-refractivity contribution in [3.63, 3.8) is 0 Å². The van der Waals surface area contributed by atoms with Crippen LogP contribution in [0.4, 0.5) is 5.13 Å². The summed E-state index contributed by atoms with van der Waals surface area (Å²) in [6.45, 7) is 3.95. The van der Waals surface area contributed by atoms with Crippen LogP contribution in [0.5, 0.6) is 11.5 Å². The van der Waals surface area contributed by atoms with Gasteiger partial charge >= 0.3 is 5.91 Å². The third kappa shape index (κ3) is 4.22. The Morgan fingerprint density at radius 2 is 1.76 bits per heavy atom. The number of anilines is 1. The highest BCUT2D eigenvalue weighted by Gasteiger charge is 2.49. The second-order valence-corrected chi connectivity index (χ2v) is 10.2. The van der Waals surface area contributed by atoms with Crippen LogP contribution in [0, 0.1) is 13.8 Å². The number of aliphatic hydroxyl groups is 1. The first-order chi connectivity index (χ1) is 17.7. The van der Waals surface area contributed by atoms with E-state index in [0.717, 1.165) is 21.3 Å². The van der Waals surface area contributed by atoms with E-state index in [1.807, 2.05) is 26.0 Å². The molecule has 1 saturated heterocycles. The minimum absolute atomic E-state index is 0.0777. The highest BCUT2D eigenvalue weighted by molar-refractivity contribution is 7.22. The number of aliphatic hydroxyl groups excluding tert-OH is 1. The topological polar surface area (TPSA) is 89.0 Å². The van der Waals surface area contributed by atoms with Gasteiger partial charge in [-0.2, -0.15) is 0 Å². The normalized spacial score (nSPS) is 17.0. The molecule has 0 aliphatic carbocycles. The van der Waals surface area contributed by atoms with E-state index in [1.54, 1.807) is 42.5 Å². The van der Waals surface area contributed by atoms with Gasteiger partial charge in [-0.05, 0) is 73.5 Å². The second-order valence-electron chi connectivity index (χ2n) is 8.71. The van der Waals surface area contributed by atoms with Crippen molar-refractivity contribution in [3.05, 3.63) is 87.4 Å². The van der Waals surface area contributed by atoms with Crippen LogP contribution >= 0.6 is 22.9 Å². The third-order valence-electron chi connectivity index (χ3n) is 6.32. The first-order valence-corrected chi connectivity index (χ1v) is 12.6. The van der Waals surface area contributed by atoms with Crippen molar-refractivity contribution in [2.24, 2.45) is 0 Å². The van der Waals surface area contributed by atoms with Gasteiger partial charge in [-0.3, -0.25) is 14.5 Å². The molecule has 1 fully saturated rings. The molecule has 3 aromatic carbocycles. The monoisotopic (exact) mass is 534 g/mol. The molecule has 1 aliphatic heterocycles. The maximum atomic E-state index is 13.6. The highest BCUT2D eigenvalue weighted by Crippen LogP contribution is 2.47. The van der Waals surface area contributed by atoms with Crippen molar-refractivity contribution in [1.29, 1.82) is 0 Å². The fourth-order valence-corrected chi connectivity index (χ4v) is 5.90. The molecule has 1 aliphatic rings. The van der Waals surface area contributed by atoms with Crippen molar-refractivity contribution in [2.45, 2.75) is 19.9 Å². The van der Waals surface area contributed by atoms with E-state index >= 15 is 0 Å². The molecule has 0 unspecified atom stereocenters. The maximum absolute atomic E-state index is 13.6. The number of carbonyl (C=O) groups is 2. The first kappa shape index (κ1) is 24.8. The summed E-state index contributed by atoms with van der Waals surface area (Å²) < 4.78 is 11.9. The molecule has 2 heterocycles. The number of fused-ring (bicyclic) bond motifs is 1. The van der Waals surface area contributed by atoms with E-state index in [1.165, 1.54) is 30.5 Å². The van der Waals surface area contributed by atoms with Gasteiger partial charge in [-0.15, -0.1) is 0 Å². The summed E-state index contributed by atoms with van der Waals surface area (Å²) in [7, 11) is 3.02. The zero-order valence-corrected chi connectivity index (χ0v) is 22.1. The van der Waals surface area contributed by atoms with E-state index in [0.29, 0.717) is 32.8 Å². The van der Waals surface area contributed by atoms with Gasteiger partial charge in [0.05, 0.1) is 30.0 Å². The largest absolute Gasteiger partial charge is 0.507 e. The quantitative estimate of drug-likeness (QED) is 0.186. The Morgan fingerprint density at radius 3 is 2.43 bits per heavy atom. The molecular weight excluding hydrogens is 512 g/mol. The number of halogens is 1. The van der Waals surface area contributed by atoms with Crippen LogP contribution in [0.2, 0.25) is 5.02 Å². The van der Waals surface area contributed by atoms with E-state index < -0.39 is 17.7 Å². The van der Waals surface area contributed by atoms with Gasteiger partial charge in [0.25, 0.3) is 5.78 Å². The molecule has 5 rings (SSSR count). The molecule has 7 nitrogen and oxygen atoms in total. The van der Waals surface area contributed by atoms with E-state index in [9.17, 15) is 14.7 Å². The second kappa shape index (κ2) is 9.53. The number of ketones is 1. The van der Waals surface area contributed by atoms with E-state index in [4.69, 9.17) is 26.1 Å². The van der Waals surface area contributed by atoms with E-state index in [-0.39, 0.29) is 11.3 Å². The molecule has 1 atom stereocenters. The molecule has 0 saturated carbocycles. The number of benzene rings is 3. The third-order valence-corrected chi connectivity index (χ3v) is 7.57. The zero-order chi connectivity index (χ0) is 26.4. The summed E-state index contributed by atoms with van der Waals surface area (Å²) in [6, 6.07) is 14.5. The number of thiazole rings is 1. The summed E-state index contributed by atoms with van der Waals surface area (Å²) >= 11 is 7.34. The van der Waals surface area contributed by atoms with Crippen LogP contribution in [-0.2, 0) is 9.59 Å². The lowest BCUT2D eigenvalue weighted by Crippen LogP contribution is -2.29. The Balaban J connectivity index is 1.80. The van der Waals surface area contributed by atoms with Crippen LogP contribution in [0.25, 0.3) is 16.0 Å². The minimum atomic E-state index is -1.01. The van der Waals surface area contributed by atoms with Gasteiger partial charge in [0.1, 0.15) is 23.3 Å². The van der Waals surface area contributed by atoms with Crippen molar-refractivity contribution in [2.75, 3.05) is 19.1 Å². The molecule has 0 spiro atoms. The summed E-state index contributed by atoms with van der Waals surface area (Å²) in [4.78, 5) is 33.2. The molecule has 9 heteroatoms. The van der Waals surface area contributed by atoms with Crippen molar-refractivity contribution in [3.8, 4) is 11.5 Å². The molecule has 188 valence electrons. The molecular formula is C28H23ClN2O5S. The van der Waals surface area contributed by atoms with E-state index in [2.05, 4.69) is 0 Å². The Labute approximate surface area is 222 Å². The molecule has 1 aromatic heterocycles. The number of ether oxygens (including phenoxy) is 2. The van der Waals surface area contributed by atoms with Gasteiger partial charge in [0.15, 0.2) is 5.13 Å². The van der Waals surface area contributed by atoms with Gasteiger partial charge in [0.2, 0.25) is 0 Å². The Hall–Kier alpha value is -3.88. The number of amides is 1. The summed E-state index contributed by atoms with van der Waals surface area (Å²) in [5, 5.41) is 12.2. The number of aromatic nitrogens is 1. The number of Topliss-reactive ketones (excluding diaryl/α,β-unsaturated/α-hetero) is 1. The van der Waals surface area contributed by atoms with Crippen LogP contribution in [-0.4, -0.2) is 36.0 Å². The van der Waals surface area contributed by atoms with Crippen molar-refractivity contribution in [1.82, 2.24) is 4.98 Å². The standard InChI is InChI=1S/C28H23ClN2O5S/c1-14-11-15(2)23-21(12-14)37-28(30-23)31-24(19-13-18(35-3)9-10-20(19)36-4)22(26(33)27(31)34)25(32)16-5-7-17(29)8-6-16/h5-13,24,32H,1-4H3/t24-/m0/s1. The number of methoxy groups -OCH3 is 2. The average Bonchev–Trinajstić information content (AvgIpc) is 3.42. The minimum Gasteiger partial charge on any atom is -0.507 e. The number of rotatable bonds is 5. The first-order valence-electron chi connectivity index (χ1n) is 11.4. The lowest BCUT2D eigenvalue weighted by Gasteiger charge is -2.25. The molecule has 0 bridgehead atoms. The van der Waals surface area contributed by atoms with Crippen LogP contribution in [0.15, 0.2) is 60.2 Å². The van der Waals surface area contributed by atoms with Crippen molar-refractivity contribution < 1.29 is 24.2 Å². The molecule has 0 radical (unpaired) electrons. The number of hydrogen-bond acceptors (Lipinski definition) is 7. The summed E-state index contributed by atoms with van der Waals surface area (Å²) in [5.41, 5.74) is 3.53. The summed E-state index contributed by atoms with van der Waals surface area (Å²) in [5.74, 6) is -1.01. The SMILES string of the molecule is COc1ccc(OC)c([C@H]2C(=C(O)c3ccc(Cl)cc3)C(=O)C(=O)N2c2nc3c(C)cc(C)cc3s2)c1. The Bertz CT molecular complexity index is 1590. The predicted octanol–water partition coefficient (Wildman–Crippen LogP) is 6.21. The van der Waals surface area contributed by atoms with Gasteiger partial charge < -0.3 is 14.6 Å². The zero-order valence-electron chi connectivity index (χ0n) is 20.5. The number of aryl methyl sites for hydroxylation is 2. The Morgan fingerprint density at radius 1 is 1.03 bits per heavy atom. The molecule has 1 N–H and O–H groups in total. The molecule has 1 amide bonds. The van der Waals surface area contributed by atoms with Crippen molar-refractivity contribution >= 4 is 55.7 Å². The highest BCUT2D eigenvalue weighted by atomic mass is 35.5. The average molecular weight is 535 g/mol. The fourth-order valence-electron chi connectivity index (χ4n) is 4.60. The Kier molecular flexibility index (Phi) is 6.39. The smallest absolute Gasteiger partial charge is 0.301 e. The summed E-state index contributed by atoms with van der Waals surface area (Å²) in [6.07, 6.45) is 0. The van der Waals surface area contributed by atoms with Gasteiger partial charge in [-0.1, -0.05) is 29.0 Å². The predicted molar refractivity (Wildman–Crippen MR) is 145 cm³/mol. The molecule has 37 heavy (non-hydrogen) atoms. The number of nitrogens with zero attached hydrogens (tertiary/aromatic N) is 2. The fraction of sp³-hybridized carbons (Fsp3) is 0.179. The van der Waals surface area contributed by atoms with Crippen LogP contribution in [0.3, 0.4) is 0 Å². The van der Waals surface area contributed by atoms with Gasteiger partial charge in [0, 0.05) is 16.1 Å². The van der Waals surface area contributed by atoms with Crippen LogP contribution < -0.4 is 14.4 Å². The van der Waals surface area contributed by atoms with Gasteiger partial charge in [-0.25, -0.2) is 4.98 Å². The lowest BCUT2D eigenvalue weighted by atomic mass is 9.94. The number of hydrogen-bond donors (Lipinski definition) is 1. The molecule has 4 aromatic rings.